The van der Waals surface area contributed by atoms with Crippen LogP contribution in [0.1, 0.15) is 33.6 Å². The van der Waals surface area contributed by atoms with Crippen molar-refractivity contribution in [3.8, 4) is 11.5 Å². The number of hydrogen-bond acceptors (Lipinski definition) is 7. The molecule has 0 saturated heterocycles. The van der Waals surface area contributed by atoms with E-state index in [2.05, 4.69) is 5.32 Å². The van der Waals surface area contributed by atoms with Gasteiger partial charge in [0.25, 0.3) is 17.7 Å². The van der Waals surface area contributed by atoms with Gasteiger partial charge in [-0.05, 0) is 36.1 Å². The number of rotatable bonds is 9. The fourth-order valence-corrected chi connectivity index (χ4v) is 3.98. The molecule has 4 rings (SSSR count). The largest absolute Gasteiger partial charge is 0.497 e. The molecule has 0 fully saturated rings. The Labute approximate surface area is 201 Å². The van der Waals surface area contributed by atoms with E-state index in [0.717, 1.165) is 10.3 Å². The molecule has 9 nitrogen and oxygen atoms in total. The summed E-state index contributed by atoms with van der Waals surface area (Å²) in [4.78, 5) is 51.3. The van der Waals surface area contributed by atoms with Gasteiger partial charge >= 0.3 is 5.97 Å². The number of hydrogen-bond donors (Lipinski definition) is 1. The van der Waals surface area contributed by atoms with Gasteiger partial charge in [0.05, 0.1) is 19.9 Å². The molecule has 3 amide bonds. The van der Waals surface area contributed by atoms with Crippen LogP contribution >= 0.6 is 0 Å². The molecule has 0 radical (unpaired) electrons. The molecule has 0 aromatic heterocycles. The number of amides is 3. The summed E-state index contributed by atoms with van der Waals surface area (Å²) in [5.74, 6) is -0.982. The third kappa shape index (κ3) is 4.93. The minimum Gasteiger partial charge on any atom is -0.497 e. The van der Waals surface area contributed by atoms with Crippen molar-refractivity contribution in [2.75, 3.05) is 32.7 Å². The Hall–Kier alpha value is -4.40. The van der Waals surface area contributed by atoms with Crippen LogP contribution in [0.4, 0.5) is 5.69 Å². The van der Waals surface area contributed by atoms with Crippen LogP contribution in [0.2, 0.25) is 0 Å². The minimum atomic E-state index is -0.614. The Morgan fingerprint density at radius 3 is 2.23 bits per heavy atom. The van der Waals surface area contributed by atoms with Crippen LogP contribution in [-0.2, 0) is 14.3 Å². The van der Waals surface area contributed by atoms with Gasteiger partial charge in [0, 0.05) is 35.5 Å². The zero-order valence-corrected chi connectivity index (χ0v) is 19.3. The second-order valence-corrected chi connectivity index (χ2v) is 7.85. The summed E-state index contributed by atoms with van der Waals surface area (Å²) < 4.78 is 15.4. The molecule has 0 unspecified atom stereocenters. The van der Waals surface area contributed by atoms with Crippen molar-refractivity contribution >= 4 is 40.2 Å². The van der Waals surface area contributed by atoms with Crippen LogP contribution < -0.4 is 14.8 Å². The van der Waals surface area contributed by atoms with Gasteiger partial charge in [-0.3, -0.25) is 24.1 Å². The molecule has 1 N–H and O–H groups in total. The monoisotopic (exact) mass is 476 g/mol. The molecule has 1 heterocycles. The number of ether oxygens (including phenoxy) is 3. The second-order valence-electron chi connectivity index (χ2n) is 7.85. The van der Waals surface area contributed by atoms with E-state index in [-0.39, 0.29) is 31.2 Å². The topological polar surface area (TPSA) is 111 Å². The van der Waals surface area contributed by atoms with Crippen LogP contribution in [0.15, 0.2) is 54.6 Å². The maximum Gasteiger partial charge on any atom is 0.306 e. The van der Waals surface area contributed by atoms with Gasteiger partial charge in [-0.1, -0.05) is 24.3 Å². The molecular weight excluding hydrogens is 452 g/mol. The molecule has 1 aliphatic heterocycles. The van der Waals surface area contributed by atoms with Crippen molar-refractivity contribution < 1.29 is 33.4 Å². The third-order valence-electron chi connectivity index (χ3n) is 5.66. The fraction of sp³-hybridized carbons (Fsp3) is 0.231. The summed E-state index contributed by atoms with van der Waals surface area (Å²) in [7, 11) is 2.97. The average molecular weight is 476 g/mol. The van der Waals surface area contributed by atoms with Gasteiger partial charge in [-0.2, -0.15) is 0 Å². The van der Waals surface area contributed by atoms with Crippen LogP contribution in [-0.4, -0.2) is 56.0 Å². The van der Waals surface area contributed by atoms with Crippen LogP contribution in [0, 0.1) is 0 Å². The van der Waals surface area contributed by atoms with Crippen molar-refractivity contribution in [2.24, 2.45) is 0 Å². The zero-order valence-electron chi connectivity index (χ0n) is 19.3. The normalized spacial score (nSPS) is 12.5. The Morgan fingerprint density at radius 2 is 1.60 bits per heavy atom. The van der Waals surface area contributed by atoms with Crippen LogP contribution in [0.5, 0.6) is 11.5 Å². The first-order valence-corrected chi connectivity index (χ1v) is 11.0. The molecule has 1 aliphatic rings. The predicted molar refractivity (Wildman–Crippen MR) is 128 cm³/mol. The first-order chi connectivity index (χ1) is 16.9. The smallest absolute Gasteiger partial charge is 0.306 e. The second kappa shape index (κ2) is 10.3. The number of carbonyl (C=O) groups is 4. The molecule has 0 bridgehead atoms. The maximum atomic E-state index is 12.9. The maximum absolute atomic E-state index is 12.9. The lowest BCUT2D eigenvalue weighted by molar-refractivity contribution is -0.147. The Morgan fingerprint density at radius 1 is 0.914 bits per heavy atom. The lowest BCUT2D eigenvalue weighted by atomic mass is 9.94. The molecule has 9 heteroatoms. The number of esters is 1. The first kappa shape index (κ1) is 23.7. The highest BCUT2D eigenvalue weighted by atomic mass is 16.5. The highest BCUT2D eigenvalue weighted by molar-refractivity contribution is 6.25. The molecule has 0 spiro atoms. The number of carbonyl (C=O) groups excluding carboxylic acids is 4. The van der Waals surface area contributed by atoms with E-state index in [1.54, 1.807) is 42.5 Å². The van der Waals surface area contributed by atoms with Crippen LogP contribution in [0.3, 0.4) is 0 Å². The van der Waals surface area contributed by atoms with E-state index in [1.807, 2.05) is 12.1 Å². The van der Waals surface area contributed by atoms with Crippen molar-refractivity contribution in [1.82, 2.24) is 4.90 Å². The van der Waals surface area contributed by atoms with E-state index < -0.39 is 18.5 Å². The molecule has 0 saturated carbocycles. The van der Waals surface area contributed by atoms with E-state index in [9.17, 15) is 19.2 Å². The molecule has 180 valence electrons. The summed E-state index contributed by atoms with van der Waals surface area (Å²) in [6, 6.07) is 15.6. The fourth-order valence-electron chi connectivity index (χ4n) is 3.98. The van der Waals surface area contributed by atoms with E-state index >= 15 is 0 Å². The molecule has 0 atom stereocenters. The molecule has 0 aliphatic carbocycles. The van der Waals surface area contributed by atoms with Crippen molar-refractivity contribution in [3.63, 3.8) is 0 Å². The summed E-state index contributed by atoms with van der Waals surface area (Å²) in [6.07, 6.45) is 0.151. The highest BCUT2D eigenvalue weighted by Crippen LogP contribution is 2.30. The van der Waals surface area contributed by atoms with E-state index in [1.165, 1.54) is 14.2 Å². The van der Waals surface area contributed by atoms with Gasteiger partial charge in [0.2, 0.25) is 0 Å². The third-order valence-corrected chi connectivity index (χ3v) is 5.66. The van der Waals surface area contributed by atoms with Crippen LogP contribution in [0.25, 0.3) is 10.8 Å². The predicted octanol–water partition coefficient (Wildman–Crippen LogP) is 3.42. The number of benzene rings is 3. The quantitative estimate of drug-likeness (QED) is 0.372. The summed E-state index contributed by atoms with van der Waals surface area (Å²) in [5.41, 5.74) is 1.31. The molecule has 3 aromatic rings. The van der Waals surface area contributed by atoms with Gasteiger partial charge < -0.3 is 19.5 Å². The van der Waals surface area contributed by atoms with E-state index in [4.69, 9.17) is 14.2 Å². The number of anilines is 1. The number of imide groups is 1. The number of nitrogens with one attached hydrogen (secondary N) is 1. The summed E-state index contributed by atoms with van der Waals surface area (Å²) in [6.45, 7) is -0.430. The number of methoxy groups -OCH3 is 2. The van der Waals surface area contributed by atoms with Crippen molar-refractivity contribution in [2.45, 2.75) is 12.8 Å². The van der Waals surface area contributed by atoms with Crippen molar-refractivity contribution in [1.29, 1.82) is 0 Å². The molecule has 3 aromatic carbocycles. The average Bonchev–Trinajstić information content (AvgIpc) is 2.87. The van der Waals surface area contributed by atoms with E-state index in [0.29, 0.717) is 33.7 Å². The lowest BCUT2D eigenvalue weighted by Gasteiger charge is -2.27. The first-order valence-electron chi connectivity index (χ1n) is 11.0. The van der Waals surface area contributed by atoms with Gasteiger partial charge in [-0.15, -0.1) is 0 Å². The SMILES string of the molecule is COc1ccc(OC)c(NC(=O)COC(=O)CCCN2C(=O)c3cccc4cccc(c34)C2=O)c1. The molecular formula is C26H24N2O7. The highest BCUT2D eigenvalue weighted by Gasteiger charge is 2.32. The van der Waals surface area contributed by atoms with Gasteiger partial charge in [-0.25, -0.2) is 0 Å². The summed E-state index contributed by atoms with van der Waals surface area (Å²) >= 11 is 0. The number of nitrogens with zero attached hydrogens (tertiary/aromatic N) is 1. The van der Waals surface area contributed by atoms with Gasteiger partial charge in [0.1, 0.15) is 11.5 Å². The lowest BCUT2D eigenvalue weighted by Crippen LogP contribution is -2.41. The van der Waals surface area contributed by atoms with Crippen molar-refractivity contribution in [3.05, 3.63) is 65.7 Å². The zero-order chi connectivity index (χ0) is 24.9. The Balaban J connectivity index is 1.29. The minimum absolute atomic E-state index is 0.0569. The van der Waals surface area contributed by atoms with Gasteiger partial charge in [0.15, 0.2) is 6.61 Å². The Bertz CT molecular complexity index is 1270. The summed E-state index contributed by atoms with van der Waals surface area (Å²) in [5, 5.41) is 4.09. The Kier molecular flexibility index (Phi) is 6.96. The molecule has 35 heavy (non-hydrogen) atoms. The standard InChI is InChI=1S/C26H24N2O7/c1-33-17-11-12-21(34-2)20(14-17)27-22(29)15-35-23(30)10-5-13-28-25(31)18-8-3-6-16-7-4-9-19(24(16)18)26(28)32/h3-4,6-9,11-12,14H,5,10,13,15H2,1-2H3,(H,27,29).